The summed E-state index contributed by atoms with van der Waals surface area (Å²) in [6.45, 7) is 7.16. The average Bonchev–Trinajstić information content (AvgIpc) is 2.39. The molecule has 5 nitrogen and oxygen atoms in total. The van der Waals surface area contributed by atoms with E-state index < -0.39 is 0 Å². The van der Waals surface area contributed by atoms with E-state index in [1.54, 1.807) is 19.2 Å². The zero-order valence-electron chi connectivity index (χ0n) is 11.9. The van der Waals surface area contributed by atoms with Crippen molar-refractivity contribution in [2.45, 2.75) is 20.8 Å². The highest BCUT2D eigenvalue weighted by Crippen LogP contribution is 2.38. The number of amides is 1. The Hall–Kier alpha value is -1.91. The van der Waals surface area contributed by atoms with Crippen molar-refractivity contribution in [3.8, 4) is 17.2 Å². The maximum Gasteiger partial charge on any atom is 0.251 e. The molecule has 0 bridgehead atoms. The molecule has 0 unspecified atom stereocenters. The van der Waals surface area contributed by atoms with Crippen molar-refractivity contribution in [2.24, 2.45) is 0 Å². The Balaban J connectivity index is 3.23. The monoisotopic (exact) mass is 267 g/mol. The molecule has 0 atom stereocenters. The van der Waals surface area contributed by atoms with Crippen molar-refractivity contribution < 1.29 is 19.0 Å². The number of carbonyl (C=O) groups excluding carboxylic acids is 1. The fraction of sp³-hybridized carbons (Fsp3) is 0.500. The third-order valence-corrected chi connectivity index (χ3v) is 2.42. The molecule has 1 aromatic carbocycles. The lowest BCUT2D eigenvalue weighted by atomic mass is 10.1. The molecule has 0 heterocycles. The topological polar surface area (TPSA) is 56.8 Å². The van der Waals surface area contributed by atoms with E-state index in [4.69, 9.17) is 14.2 Å². The molecule has 1 amide bonds. The van der Waals surface area contributed by atoms with E-state index in [2.05, 4.69) is 5.32 Å². The molecule has 1 N–H and O–H groups in total. The first kappa shape index (κ1) is 15.1. The van der Waals surface area contributed by atoms with Gasteiger partial charge in [0.05, 0.1) is 20.3 Å². The summed E-state index contributed by atoms with van der Waals surface area (Å²) in [5, 5.41) is 2.75. The van der Waals surface area contributed by atoms with Gasteiger partial charge in [-0.15, -0.1) is 0 Å². The van der Waals surface area contributed by atoms with Gasteiger partial charge < -0.3 is 19.5 Å². The predicted octanol–water partition coefficient (Wildman–Crippen LogP) is 2.24. The number of benzene rings is 1. The van der Waals surface area contributed by atoms with E-state index in [1.165, 1.54) is 0 Å². The van der Waals surface area contributed by atoms with Crippen LogP contribution in [0.4, 0.5) is 0 Å². The standard InChI is InChI=1S/C14H21NO4/c1-5-15-14(16)10-8-11(18-6-2)13(17-4)12(9-10)19-7-3/h8-9H,5-7H2,1-4H3,(H,15,16). The Kier molecular flexibility index (Phi) is 5.99. The maximum atomic E-state index is 11.9. The molecule has 0 aliphatic heterocycles. The van der Waals surface area contributed by atoms with E-state index in [0.29, 0.717) is 42.6 Å². The summed E-state index contributed by atoms with van der Waals surface area (Å²) < 4.78 is 16.3. The minimum absolute atomic E-state index is 0.160. The van der Waals surface area contributed by atoms with Crippen LogP contribution in [0.15, 0.2) is 12.1 Å². The van der Waals surface area contributed by atoms with Gasteiger partial charge in [-0.3, -0.25) is 4.79 Å². The van der Waals surface area contributed by atoms with Crippen LogP contribution in [0.5, 0.6) is 17.2 Å². The van der Waals surface area contributed by atoms with E-state index >= 15 is 0 Å². The zero-order valence-corrected chi connectivity index (χ0v) is 11.9. The summed E-state index contributed by atoms with van der Waals surface area (Å²) in [5.41, 5.74) is 0.495. The normalized spacial score (nSPS) is 9.89. The number of hydrogen-bond donors (Lipinski definition) is 1. The van der Waals surface area contributed by atoms with Gasteiger partial charge in [0.15, 0.2) is 11.5 Å². The summed E-state index contributed by atoms with van der Waals surface area (Å²) in [7, 11) is 1.55. The second kappa shape index (κ2) is 7.51. The second-order valence-corrected chi connectivity index (χ2v) is 3.73. The van der Waals surface area contributed by atoms with Crippen LogP contribution < -0.4 is 19.5 Å². The van der Waals surface area contributed by atoms with E-state index in [0.717, 1.165) is 0 Å². The lowest BCUT2D eigenvalue weighted by Crippen LogP contribution is -2.22. The molecule has 1 rings (SSSR count). The van der Waals surface area contributed by atoms with E-state index in [9.17, 15) is 4.79 Å². The average molecular weight is 267 g/mol. The molecule has 0 saturated heterocycles. The molecular formula is C14H21NO4. The summed E-state index contributed by atoms with van der Waals surface area (Å²) in [6, 6.07) is 3.33. The SMILES string of the molecule is CCNC(=O)c1cc(OCC)c(OC)c(OCC)c1. The summed E-state index contributed by atoms with van der Waals surface area (Å²) in [5.74, 6) is 1.37. The van der Waals surface area contributed by atoms with E-state index in [1.807, 2.05) is 20.8 Å². The third-order valence-electron chi connectivity index (χ3n) is 2.42. The van der Waals surface area contributed by atoms with Gasteiger partial charge in [0.2, 0.25) is 5.75 Å². The maximum absolute atomic E-state index is 11.9. The molecule has 0 fully saturated rings. The third kappa shape index (κ3) is 3.77. The van der Waals surface area contributed by atoms with Gasteiger partial charge >= 0.3 is 0 Å². The molecule has 19 heavy (non-hydrogen) atoms. The van der Waals surface area contributed by atoms with Gasteiger partial charge in [-0.05, 0) is 32.9 Å². The zero-order chi connectivity index (χ0) is 14.3. The molecule has 0 aliphatic rings. The van der Waals surface area contributed by atoms with Gasteiger partial charge in [0.1, 0.15) is 0 Å². The van der Waals surface area contributed by atoms with Crippen LogP contribution in [0.25, 0.3) is 0 Å². The molecule has 0 saturated carbocycles. The lowest BCUT2D eigenvalue weighted by Gasteiger charge is -2.15. The van der Waals surface area contributed by atoms with Gasteiger partial charge in [0.25, 0.3) is 5.91 Å². The lowest BCUT2D eigenvalue weighted by molar-refractivity contribution is 0.0954. The molecule has 0 spiro atoms. The second-order valence-electron chi connectivity index (χ2n) is 3.73. The Morgan fingerprint density at radius 3 is 2.00 bits per heavy atom. The largest absolute Gasteiger partial charge is 0.490 e. The number of carbonyl (C=O) groups is 1. The summed E-state index contributed by atoms with van der Waals surface area (Å²) in [6.07, 6.45) is 0. The Morgan fingerprint density at radius 1 is 1.11 bits per heavy atom. The molecule has 5 heteroatoms. The van der Waals surface area contributed by atoms with Crippen LogP contribution >= 0.6 is 0 Å². The van der Waals surface area contributed by atoms with Gasteiger partial charge in [0, 0.05) is 12.1 Å². The Bertz CT molecular complexity index is 404. The van der Waals surface area contributed by atoms with Crippen molar-refractivity contribution in [3.63, 3.8) is 0 Å². The van der Waals surface area contributed by atoms with Crippen molar-refractivity contribution in [1.82, 2.24) is 5.32 Å². The molecule has 0 aliphatic carbocycles. The van der Waals surface area contributed by atoms with Gasteiger partial charge in [-0.25, -0.2) is 0 Å². The number of nitrogens with one attached hydrogen (secondary N) is 1. The van der Waals surface area contributed by atoms with E-state index in [-0.39, 0.29) is 5.91 Å². The fourth-order valence-corrected chi connectivity index (χ4v) is 1.70. The molecular weight excluding hydrogens is 246 g/mol. The van der Waals surface area contributed by atoms with Crippen molar-refractivity contribution in [1.29, 1.82) is 0 Å². The first-order chi connectivity index (χ1) is 9.17. The van der Waals surface area contributed by atoms with Crippen LogP contribution in [0.1, 0.15) is 31.1 Å². The molecule has 1 aromatic rings. The van der Waals surface area contributed by atoms with Gasteiger partial charge in [-0.2, -0.15) is 0 Å². The molecule has 106 valence electrons. The smallest absolute Gasteiger partial charge is 0.251 e. The summed E-state index contributed by atoms with van der Waals surface area (Å²) in [4.78, 5) is 11.9. The van der Waals surface area contributed by atoms with Crippen molar-refractivity contribution in [3.05, 3.63) is 17.7 Å². The van der Waals surface area contributed by atoms with Crippen LogP contribution in [0.3, 0.4) is 0 Å². The first-order valence-electron chi connectivity index (χ1n) is 6.43. The molecule has 0 radical (unpaired) electrons. The van der Waals surface area contributed by atoms with Crippen LogP contribution in [-0.2, 0) is 0 Å². The highest BCUT2D eigenvalue weighted by Gasteiger charge is 2.17. The highest BCUT2D eigenvalue weighted by atomic mass is 16.5. The van der Waals surface area contributed by atoms with Gasteiger partial charge in [-0.1, -0.05) is 0 Å². The minimum Gasteiger partial charge on any atom is -0.490 e. The number of rotatable bonds is 7. The van der Waals surface area contributed by atoms with Crippen LogP contribution in [0.2, 0.25) is 0 Å². The number of hydrogen-bond acceptors (Lipinski definition) is 4. The predicted molar refractivity (Wildman–Crippen MR) is 73.3 cm³/mol. The van der Waals surface area contributed by atoms with Crippen LogP contribution in [0, 0.1) is 0 Å². The quantitative estimate of drug-likeness (QED) is 0.823. The number of methoxy groups -OCH3 is 1. The number of ether oxygens (including phenoxy) is 3. The Morgan fingerprint density at radius 2 is 1.63 bits per heavy atom. The fourth-order valence-electron chi connectivity index (χ4n) is 1.70. The van der Waals surface area contributed by atoms with Crippen LogP contribution in [-0.4, -0.2) is 32.8 Å². The summed E-state index contributed by atoms with van der Waals surface area (Å²) >= 11 is 0. The Labute approximate surface area is 113 Å². The van der Waals surface area contributed by atoms with Crippen molar-refractivity contribution in [2.75, 3.05) is 26.9 Å². The van der Waals surface area contributed by atoms with Crippen molar-refractivity contribution >= 4 is 5.91 Å². The minimum atomic E-state index is -0.160. The molecule has 0 aromatic heterocycles. The highest BCUT2D eigenvalue weighted by molar-refractivity contribution is 5.95. The first-order valence-corrected chi connectivity index (χ1v) is 6.43.